The number of nitro benzene ring substituents is 1. The lowest BCUT2D eigenvalue weighted by Crippen LogP contribution is -2.10. The largest absolute Gasteiger partial charge is 0.371 e. The molecule has 0 aliphatic heterocycles. The molecule has 6 nitrogen and oxygen atoms in total. The number of hydrogen-bond acceptors (Lipinski definition) is 4. The molecule has 1 aromatic heterocycles. The third-order valence-corrected chi connectivity index (χ3v) is 3.08. The van der Waals surface area contributed by atoms with Crippen molar-refractivity contribution in [2.75, 3.05) is 0 Å². The van der Waals surface area contributed by atoms with E-state index < -0.39 is 16.3 Å². The summed E-state index contributed by atoms with van der Waals surface area (Å²) in [6, 6.07) is 12.4. The summed E-state index contributed by atoms with van der Waals surface area (Å²) < 4.78 is 20.0. The summed E-state index contributed by atoms with van der Waals surface area (Å²) in [6.07, 6.45) is 0. The number of non-ortho nitro benzene ring substituents is 1. The molecule has 0 saturated heterocycles. The Kier molecular flexibility index (Phi) is 3.30. The predicted molar refractivity (Wildman–Crippen MR) is 76.4 cm³/mol. The molecule has 0 N–H and O–H groups in total. The number of aromatic nitrogens is 1. The van der Waals surface area contributed by atoms with Gasteiger partial charge in [-0.2, -0.15) is 0 Å². The van der Waals surface area contributed by atoms with Crippen molar-refractivity contribution in [3.05, 3.63) is 80.9 Å². The SMILES string of the molecule is O=c1cc(-c2ccccc2F)on1-c1ccc([N+](=O)[O-])cc1. The van der Waals surface area contributed by atoms with E-state index in [9.17, 15) is 19.3 Å². The zero-order valence-electron chi connectivity index (χ0n) is 11.1. The third-order valence-electron chi connectivity index (χ3n) is 3.08. The Labute approximate surface area is 123 Å². The lowest BCUT2D eigenvalue weighted by atomic mass is 10.1. The van der Waals surface area contributed by atoms with Crippen molar-refractivity contribution < 1.29 is 13.8 Å². The summed E-state index contributed by atoms with van der Waals surface area (Å²) in [5.41, 5.74) is -0.108. The van der Waals surface area contributed by atoms with Gasteiger partial charge in [0.2, 0.25) is 0 Å². The van der Waals surface area contributed by atoms with Crippen molar-refractivity contribution in [2.24, 2.45) is 0 Å². The molecule has 22 heavy (non-hydrogen) atoms. The molecule has 0 saturated carbocycles. The molecule has 0 fully saturated rings. The van der Waals surface area contributed by atoms with Gasteiger partial charge in [-0.3, -0.25) is 14.9 Å². The number of rotatable bonds is 3. The predicted octanol–water partition coefficient (Wildman–Crippen LogP) is 3.14. The second-order valence-corrected chi connectivity index (χ2v) is 4.49. The fraction of sp³-hybridized carbons (Fsp3) is 0. The van der Waals surface area contributed by atoms with Gasteiger partial charge in [-0.15, -0.1) is 4.74 Å². The molecule has 7 heteroatoms. The van der Waals surface area contributed by atoms with Crippen LogP contribution in [0.1, 0.15) is 0 Å². The average Bonchev–Trinajstić information content (AvgIpc) is 2.89. The van der Waals surface area contributed by atoms with Gasteiger partial charge in [0.25, 0.3) is 11.2 Å². The van der Waals surface area contributed by atoms with Gasteiger partial charge in [-0.05, 0) is 24.3 Å². The molecule has 0 bridgehead atoms. The summed E-state index contributed by atoms with van der Waals surface area (Å²) in [4.78, 5) is 22.0. The van der Waals surface area contributed by atoms with Gasteiger partial charge in [0, 0.05) is 12.1 Å². The Morgan fingerprint density at radius 2 is 1.77 bits per heavy atom. The van der Waals surface area contributed by atoms with Crippen molar-refractivity contribution >= 4 is 5.69 Å². The van der Waals surface area contributed by atoms with Crippen LogP contribution in [0, 0.1) is 15.9 Å². The van der Waals surface area contributed by atoms with Crippen molar-refractivity contribution in [3.8, 4) is 17.0 Å². The number of nitro groups is 1. The number of benzene rings is 2. The highest BCUT2D eigenvalue weighted by Crippen LogP contribution is 2.23. The minimum Gasteiger partial charge on any atom is -0.371 e. The zero-order valence-corrected chi connectivity index (χ0v) is 11.1. The van der Waals surface area contributed by atoms with Gasteiger partial charge in [0.1, 0.15) is 5.82 Å². The molecule has 0 spiro atoms. The van der Waals surface area contributed by atoms with E-state index in [1.807, 2.05) is 0 Å². The van der Waals surface area contributed by atoms with Gasteiger partial charge >= 0.3 is 0 Å². The van der Waals surface area contributed by atoms with Gasteiger partial charge in [-0.1, -0.05) is 12.1 Å². The molecule has 0 unspecified atom stereocenters. The normalized spacial score (nSPS) is 10.6. The lowest BCUT2D eigenvalue weighted by Gasteiger charge is -2.01. The maximum absolute atomic E-state index is 13.7. The summed E-state index contributed by atoms with van der Waals surface area (Å²) in [5, 5.41) is 10.6. The molecule has 0 radical (unpaired) electrons. The molecular weight excluding hydrogens is 291 g/mol. The summed E-state index contributed by atoms with van der Waals surface area (Å²) in [7, 11) is 0. The minimum absolute atomic E-state index is 0.0847. The smallest absolute Gasteiger partial charge is 0.287 e. The zero-order chi connectivity index (χ0) is 15.7. The minimum atomic E-state index is -0.542. The van der Waals surface area contributed by atoms with Gasteiger partial charge in [-0.25, -0.2) is 4.39 Å². The van der Waals surface area contributed by atoms with E-state index in [4.69, 9.17) is 4.52 Å². The Morgan fingerprint density at radius 3 is 2.41 bits per heavy atom. The van der Waals surface area contributed by atoms with E-state index in [-0.39, 0.29) is 17.0 Å². The van der Waals surface area contributed by atoms with E-state index in [2.05, 4.69) is 0 Å². The molecule has 3 aromatic rings. The maximum atomic E-state index is 13.7. The van der Waals surface area contributed by atoms with E-state index in [0.29, 0.717) is 5.69 Å². The summed E-state index contributed by atoms with van der Waals surface area (Å²) >= 11 is 0. The Morgan fingerprint density at radius 1 is 1.09 bits per heavy atom. The van der Waals surface area contributed by atoms with Crippen molar-refractivity contribution in [1.82, 2.24) is 4.74 Å². The first-order valence-corrected chi connectivity index (χ1v) is 6.29. The third kappa shape index (κ3) is 2.39. The van der Waals surface area contributed by atoms with Crippen molar-refractivity contribution in [3.63, 3.8) is 0 Å². The van der Waals surface area contributed by atoms with Crippen LogP contribution >= 0.6 is 0 Å². The van der Waals surface area contributed by atoms with Crippen LogP contribution in [-0.2, 0) is 0 Å². The fourth-order valence-corrected chi connectivity index (χ4v) is 2.02. The molecule has 0 atom stereocenters. The highest BCUT2D eigenvalue weighted by Gasteiger charge is 2.14. The lowest BCUT2D eigenvalue weighted by molar-refractivity contribution is -0.384. The highest BCUT2D eigenvalue weighted by molar-refractivity contribution is 5.57. The van der Waals surface area contributed by atoms with Crippen LogP contribution in [0.2, 0.25) is 0 Å². The Bertz CT molecular complexity index is 896. The number of halogens is 1. The van der Waals surface area contributed by atoms with Gasteiger partial charge in [0.15, 0.2) is 5.76 Å². The molecule has 110 valence electrons. The fourth-order valence-electron chi connectivity index (χ4n) is 2.02. The second kappa shape index (κ2) is 5.28. The van der Waals surface area contributed by atoms with Crippen LogP contribution in [0.4, 0.5) is 10.1 Å². The molecule has 0 amide bonds. The van der Waals surface area contributed by atoms with Crippen LogP contribution in [-0.4, -0.2) is 9.66 Å². The van der Waals surface area contributed by atoms with Crippen LogP contribution in [0.15, 0.2) is 63.9 Å². The monoisotopic (exact) mass is 300 g/mol. The molecule has 3 rings (SSSR count). The Hall–Kier alpha value is -3.22. The highest BCUT2D eigenvalue weighted by atomic mass is 19.1. The maximum Gasteiger partial charge on any atom is 0.287 e. The van der Waals surface area contributed by atoms with E-state index in [1.54, 1.807) is 6.07 Å². The Balaban J connectivity index is 2.05. The van der Waals surface area contributed by atoms with Crippen LogP contribution in [0.25, 0.3) is 17.0 Å². The van der Waals surface area contributed by atoms with E-state index in [0.717, 1.165) is 4.74 Å². The van der Waals surface area contributed by atoms with Crippen LogP contribution in [0.3, 0.4) is 0 Å². The molecule has 2 aromatic carbocycles. The quantitative estimate of drug-likeness (QED) is 0.550. The van der Waals surface area contributed by atoms with E-state index >= 15 is 0 Å². The number of nitrogens with zero attached hydrogens (tertiary/aromatic N) is 2. The number of hydrogen-bond donors (Lipinski definition) is 0. The first kappa shape index (κ1) is 13.7. The average molecular weight is 300 g/mol. The van der Waals surface area contributed by atoms with Crippen LogP contribution < -0.4 is 5.56 Å². The standard InChI is InChI=1S/C15H9FN2O4/c16-13-4-2-1-3-12(13)14-9-15(19)17(22-14)10-5-7-11(8-6-10)18(20)21/h1-9H. The van der Waals surface area contributed by atoms with Crippen LogP contribution in [0.5, 0.6) is 0 Å². The molecule has 0 aliphatic carbocycles. The summed E-state index contributed by atoms with van der Waals surface area (Å²) in [6.45, 7) is 0. The first-order valence-electron chi connectivity index (χ1n) is 6.29. The molecule has 1 heterocycles. The van der Waals surface area contributed by atoms with Gasteiger partial charge < -0.3 is 4.52 Å². The molecular formula is C15H9FN2O4. The molecule has 0 aliphatic rings. The van der Waals surface area contributed by atoms with Gasteiger partial charge in [0.05, 0.1) is 22.2 Å². The summed E-state index contributed by atoms with van der Waals surface area (Å²) in [5.74, 6) is -0.423. The first-order chi connectivity index (χ1) is 10.6. The van der Waals surface area contributed by atoms with Crippen molar-refractivity contribution in [2.45, 2.75) is 0 Å². The van der Waals surface area contributed by atoms with Crippen molar-refractivity contribution in [1.29, 1.82) is 0 Å². The second-order valence-electron chi connectivity index (χ2n) is 4.49. The van der Waals surface area contributed by atoms with E-state index in [1.165, 1.54) is 48.5 Å². The topological polar surface area (TPSA) is 78.3 Å².